The van der Waals surface area contributed by atoms with Gasteiger partial charge in [-0.25, -0.2) is 9.97 Å². The van der Waals surface area contributed by atoms with Crippen molar-refractivity contribution in [2.75, 3.05) is 36.7 Å². The van der Waals surface area contributed by atoms with Crippen LogP contribution in [0, 0.1) is 11.3 Å². The van der Waals surface area contributed by atoms with Crippen LogP contribution in [0.3, 0.4) is 0 Å². The summed E-state index contributed by atoms with van der Waals surface area (Å²) < 4.78 is 48.0. The van der Waals surface area contributed by atoms with Gasteiger partial charge in [-0.1, -0.05) is 35.9 Å². The fourth-order valence-corrected chi connectivity index (χ4v) is 7.43. The topological polar surface area (TPSA) is 85.9 Å². The zero-order chi connectivity index (χ0) is 35.5. The summed E-state index contributed by atoms with van der Waals surface area (Å²) in [5.74, 6) is 1.43. The van der Waals surface area contributed by atoms with E-state index in [1.165, 1.54) is 6.42 Å². The van der Waals surface area contributed by atoms with Crippen LogP contribution < -0.4 is 20.1 Å². The first kappa shape index (κ1) is 36.4. The summed E-state index contributed by atoms with van der Waals surface area (Å²) in [6.45, 7) is 6.52. The number of nitrogens with zero attached hydrogens (tertiary/aromatic N) is 5. The van der Waals surface area contributed by atoms with E-state index in [9.17, 15) is 18.0 Å². The number of ether oxygens (including phenoxy) is 1. The Balaban J connectivity index is 1.02. The van der Waals surface area contributed by atoms with Crippen LogP contribution in [0.1, 0.15) is 62.7 Å². The second-order valence-corrected chi connectivity index (χ2v) is 15.1. The first-order valence-electron chi connectivity index (χ1n) is 16.9. The van der Waals surface area contributed by atoms with E-state index >= 15 is 0 Å². The van der Waals surface area contributed by atoms with Crippen molar-refractivity contribution in [1.29, 1.82) is 0 Å². The second-order valence-electron chi connectivity index (χ2n) is 13.9. The maximum absolute atomic E-state index is 13.2. The lowest BCUT2D eigenvalue weighted by atomic mass is 9.93. The molecule has 2 atom stereocenters. The number of likely N-dealkylation sites (tertiary alicyclic amines) is 1. The van der Waals surface area contributed by atoms with Crippen LogP contribution in [-0.4, -0.2) is 65.5 Å². The van der Waals surface area contributed by atoms with Gasteiger partial charge in [0, 0.05) is 49.1 Å². The molecule has 4 heterocycles. The van der Waals surface area contributed by atoms with Gasteiger partial charge in [-0.05, 0) is 108 Å². The predicted molar refractivity (Wildman–Crippen MR) is 191 cm³/mol. The van der Waals surface area contributed by atoms with Crippen molar-refractivity contribution in [2.24, 2.45) is 11.3 Å². The smallest absolute Gasteiger partial charge is 0.358 e. The highest BCUT2D eigenvalue weighted by Crippen LogP contribution is 2.59. The lowest BCUT2D eigenvalue weighted by molar-refractivity contribution is -0.192. The summed E-state index contributed by atoms with van der Waals surface area (Å²) in [7, 11) is 2.21. The molecule has 14 heteroatoms. The molecule has 1 saturated carbocycles. The van der Waals surface area contributed by atoms with E-state index in [4.69, 9.17) is 21.3 Å². The van der Waals surface area contributed by atoms with Gasteiger partial charge < -0.3 is 14.5 Å². The highest BCUT2D eigenvalue weighted by molar-refractivity contribution is 7.97. The molecule has 2 aliphatic heterocycles. The molecular weight excluding hydrogens is 687 g/mol. The van der Waals surface area contributed by atoms with Crippen molar-refractivity contribution >= 4 is 46.8 Å². The molecular formula is C36H43ClF3N7O2S. The number of carbonyl (C=O) groups is 1. The van der Waals surface area contributed by atoms with Crippen molar-refractivity contribution in [3.63, 3.8) is 0 Å². The van der Waals surface area contributed by atoms with Crippen molar-refractivity contribution < 1.29 is 22.7 Å². The number of nitrogens with one attached hydrogen (secondary N) is 2. The van der Waals surface area contributed by atoms with Crippen LogP contribution in [0.2, 0.25) is 5.15 Å². The SMILES string of the molecule is CN1CC(CCCN(c2ccccc2)c2cccc(SNC(=O)c3ccc(N4C=CC(OCCC5(C(F)(F)F)CC5)N4)nc3Cl)n2)CC1(C)C. The summed E-state index contributed by atoms with van der Waals surface area (Å²) in [6.07, 6.45) is 2.10. The molecule has 1 aromatic carbocycles. The third kappa shape index (κ3) is 8.56. The molecule has 2 unspecified atom stereocenters. The lowest BCUT2D eigenvalue weighted by Crippen LogP contribution is -2.38. The number of aromatic nitrogens is 2. The third-order valence-corrected chi connectivity index (χ3v) is 11.0. The molecule has 0 radical (unpaired) electrons. The van der Waals surface area contributed by atoms with Crippen LogP contribution in [0.4, 0.5) is 30.5 Å². The monoisotopic (exact) mass is 729 g/mol. The Morgan fingerprint density at radius 3 is 2.58 bits per heavy atom. The number of hydrogen-bond donors (Lipinski definition) is 2. The Bertz CT molecular complexity index is 1670. The largest absolute Gasteiger partial charge is 0.394 e. The average molecular weight is 730 g/mol. The lowest BCUT2D eigenvalue weighted by Gasteiger charge is -2.26. The van der Waals surface area contributed by atoms with Crippen LogP contribution in [0.15, 0.2) is 78.0 Å². The maximum Gasteiger partial charge on any atom is 0.394 e. The Labute approximate surface area is 300 Å². The van der Waals surface area contributed by atoms with Gasteiger partial charge in [-0.2, -0.15) is 18.6 Å². The van der Waals surface area contributed by atoms with Crippen molar-refractivity contribution in [3.8, 4) is 0 Å². The van der Waals surface area contributed by atoms with Gasteiger partial charge in [-0.15, -0.1) is 0 Å². The number of alkyl halides is 3. The van der Waals surface area contributed by atoms with Gasteiger partial charge in [0.15, 0.2) is 0 Å². The zero-order valence-corrected chi connectivity index (χ0v) is 30.0. The summed E-state index contributed by atoms with van der Waals surface area (Å²) >= 11 is 7.53. The molecule has 1 aliphatic carbocycles. The van der Waals surface area contributed by atoms with E-state index in [1.807, 2.05) is 36.4 Å². The van der Waals surface area contributed by atoms with E-state index in [0.29, 0.717) is 16.8 Å². The van der Waals surface area contributed by atoms with E-state index in [0.717, 1.165) is 49.4 Å². The number of rotatable bonds is 14. The number of anilines is 3. The van der Waals surface area contributed by atoms with Gasteiger partial charge in [0.25, 0.3) is 5.91 Å². The Morgan fingerprint density at radius 2 is 1.90 bits per heavy atom. The zero-order valence-electron chi connectivity index (χ0n) is 28.4. The quantitative estimate of drug-likeness (QED) is 0.126. The summed E-state index contributed by atoms with van der Waals surface area (Å²) in [6, 6.07) is 19.1. The Hall–Kier alpha value is -3.36. The minimum atomic E-state index is -4.21. The molecule has 268 valence electrons. The summed E-state index contributed by atoms with van der Waals surface area (Å²) in [5, 5.41) is 2.16. The van der Waals surface area contributed by atoms with Crippen molar-refractivity contribution in [3.05, 3.63) is 83.7 Å². The van der Waals surface area contributed by atoms with E-state index in [2.05, 4.69) is 58.0 Å². The van der Waals surface area contributed by atoms with Gasteiger partial charge in [0.05, 0.1) is 11.0 Å². The highest BCUT2D eigenvalue weighted by Gasteiger charge is 2.62. The molecule has 50 heavy (non-hydrogen) atoms. The van der Waals surface area contributed by atoms with Gasteiger partial charge in [-0.3, -0.25) is 14.5 Å². The molecule has 9 nitrogen and oxygen atoms in total. The van der Waals surface area contributed by atoms with E-state index in [-0.39, 0.29) is 42.1 Å². The van der Waals surface area contributed by atoms with Crippen molar-refractivity contribution in [2.45, 2.75) is 75.3 Å². The Morgan fingerprint density at radius 1 is 1.12 bits per heavy atom. The molecule has 1 amide bonds. The fraction of sp³-hybridized carbons (Fsp3) is 0.472. The highest BCUT2D eigenvalue weighted by atomic mass is 35.5. The number of hydrazine groups is 1. The molecule has 2 N–H and O–H groups in total. The number of para-hydroxylation sites is 1. The van der Waals surface area contributed by atoms with Gasteiger partial charge in [0.1, 0.15) is 28.0 Å². The number of amides is 1. The van der Waals surface area contributed by atoms with Gasteiger partial charge in [0.2, 0.25) is 0 Å². The molecule has 2 fully saturated rings. The minimum Gasteiger partial charge on any atom is -0.358 e. The van der Waals surface area contributed by atoms with Gasteiger partial charge >= 0.3 is 6.18 Å². The maximum atomic E-state index is 13.2. The number of carbonyl (C=O) groups excluding carboxylic acids is 1. The van der Waals surface area contributed by atoms with Crippen molar-refractivity contribution in [1.82, 2.24) is 25.0 Å². The van der Waals surface area contributed by atoms with E-state index < -0.39 is 23.7 Å². The normalized spacial score (nSPS) is 21.1. The first-order valence-corrected chi connectivity index (χ1v) is 18.1. The molecule has 0 spiro atoms. The molecule has 6 rings (SSSR count). The Kier molecular flexibility index (Phi) is 11.0. The predicted octanol–water partition coefficient (Wildman–Crippen LogP) is 8.13. The number of pyridine rings is 2. The average Bonchev–Trinajstić information content (AvgIpc) is 3.66. The number of halogens is 4. The van der Waals surface area contributed by atoms with Crippen LogP contribution >= 0.6 is 23.5 Å². The number of hydrogen-bond acceptors (Lipinski definition) is 9. The standard InChI is InChI=1S/C36H43ClF3N7O2S/c1-34(2)23-25(24-45(34)3)9-8-20-46(26-10-5-4-6-11-26)28-12-7-13-31(41-28)50-44-33(48)27-14-15-29(42-32(27)37)47-21-16-30(43-47)49-22-19-35(17-18-35)36(38,39)40/h4-7,10-16,21,25,30,43H,8-9,17-20,22-24H2,1-3H3,(H,44,48). The third-order valence-electron chi connectivity index (χ3n) is 9.98. The van der Waals surface area contributed by atoms with Crippen LogP contribution in [0.25, 0.3) is 0 Å². The second kappa shape index (κ2) is 15.1. The number of benzene rings is 1. The molecule has 0 bridgehead atoms. The summed E-state index contributed by atoms with van der Waals surface area (Å²) in [4.78, 5) is 27.0. The first-order chi connectivity index (χ1) is 23.8. The van der Waals surface area contributed by atoms with Crippen LogP contribution in [-0.2, 0) is 4.74 Å². The molecule has 2 aromatic heterocycles. The molecule has 3 aromatic rings. The van der Waals surface area contributed by atoms with E-state index in [1.54, 1.807) is 29.4 Å². The molecule has 1 saturated heterocycles. The van der Waals surface area contributed by atoms with Crippen LogP contribution in [0.5, 0.6) is 0 Å². The molecule has 3 aliphatic rings. The summed E-state index contributed by atoms with van der Waals surface area (Å²) in [5.41, 5.74) is 2.88. The fourth-order valence-electron chi connectivity index (χ4n) is 6.60. The minimum absolute atomic E-state index is 0.00479.